The molecule has 1 N–H and O–H groups in total. The van der Waals surface area contributed by atoms with E-state index in [2.05, 4.69) is 64.1 Å². The molecule has 2 aliphatic rings. The Labute approximate surface area is 199 Å². The van der Waals surface area contributed by atoms with Gasteiger partial charge in [0.1, 0.15) is 5.75 Å². The summed E-state index contributed by atoms with van der Waals surface area (Å²) in [6.45, 7) is 9.94. The van der Waals surface area contributed by atoms with Crippen LogP contribution in [-0.2, 0) is 6.42 Å². The summed E-state index contributed by atoms with van der Waals surface area (Å²) in [6, 6.07) is 13.1. The molecule has 4 nitrogen and oxygen atoms in total. The highest BCUT2D eigenvalue weighted by Crippen LogP contribution is 2.39. The molecule has 2 aromatic rings. The minimum Gasteiger partial charge on any atom is -0.490 e. The Morgan fingerprint density at radius 3 is 2.55 bits per heavy atom. The van der Waals surface area contributed by atoms with E-state index in [0.717, 1.165) is 50.2 Å². The van der Waals surface area contributed by atoms with Crippen molar-refractivity contribution in [3.8, 4) is 5.75 Å². The van der Waals surface area contributed by atoms with Crippen molar-refractivity contribution in [3.05, 3.63) is 42.0 Å². The molecule has 33 heavy (non-hydrogen) atoms. The summed E-state index contributed by atoms with van der Waals surface area (Å²) in [6.07, 6.45) is 8.27. The summed E-state index contributed by atoms with van der Waals surface area (Å²) in [5.74, 6) is 2.05. The number of carboxylic acid groups (broad SMARTS) is 1. The van der Waals surface area contributed by atoms with Gasteiger partial charge in [-0.1, -0.05) is 52.0 Å². The van der Waals surface area contributed by atoms with E-state index in [1.807, 2.05) is 0 Å². The molecule has 0 aromatic heterocycles. The van der Waals surface area contributed by atoms with Gasteiger partial charge in [-0.15, -0.1) is 0 Å². The minimum absolute atomic E-state index is 0.109. The fourth-order valence-electron chi connectivity index (χ4n) is 6.09. The zero-order chi connectivity index (χ0) is 23.6. The standard InChI is InChI=1S/C29H41NO3/c1-20(27-10-5-6-17-30(27)28(31)32)18-21-8-7-9-22-19-25(15-16-26(21)22)33-24-13-11-23(12-14-24)29(2,3)4/h7-9,15-16,19-20,23-24,27H,5-6,10-14,17-18H2,1-4H3,(H,31,32). The number of likely N-dealkylation sites (tertiary alicyclic amines) is 1. The summed E-state index contributed by atoms with van der Waals surface area (Å²) < 4.78 is 6.41. The fourth-order valence-corrected chi connectivity index (χ4v) is 6.09. The number of fused-ring (bicyclic) bond motifs is 1. The molecule has 0 radical (unpaired) electrons. The predicted molar refractivity (Wildman–Crippen MR) is 135 cm³/mol. The third-order valence-corrected chi connectivity index (χ3v) is 8.14. The van der Waals surface area contributed by atoms with Crippen molar-refractivity contribution in [3.63, 3.8) is 0 Å². The van der Waals surface area contributed by atoms with Crippen molar-refractivity contribution in [2.24, 2.45) is 17.3 Å². The number of nitrogens with zero attached hydrogens (tertiary/aromatic N) is 1. The van der Waals surface area contributed by atoms with Gasteiger partial charge < -0.3 is 14.7 Å². The van der Waals surface area contributed by atoms with Crippen LogP contribution >= 0.6 is 0 Å². The third kappa shape index (κ3) is 5.65. The third-order valence-electron chi connectivity index (χ3n) is 8.14. The lowest BCUT2D eigenvalue weighted by molar-refractivity contribution is 0.0858. The van der Waals surface area contributed by atoms with E-state index in [1.165, 1.54) is 29.2 Å². The summed E-state index contributed by atoms with van der Waals surface area (Å²) in [4.78, 5) is 13.4. The first-order valence-electron chi connectivity index (χ1n) is 12.9. The zero-order valence-corrected chi connectivity index (χ0v) is 20.8. The number of benzene rings is 2. The second-order valence-electron chi connectivity index (χ2n) is 11.5. The van der Waals surface area contributed by atoms with Crippen molar-refractivity contribution in [2.45, 2.75) is 91.2 Å². The van der Waals surface area contributed by atoms with Crippen LogP contribution in [0.4, 0.5) is 4.79 Å². The molecule has 1 saturated heterocycles. The Hall–Kier alpha value is -2.23. The van der Waals surface area contributed by atoms with Gasteiger partial charge in [0.2, 0.25) is 0 Å². The molecular weight excluding hydrogens is 410 g/mol. The second-order valence-corrected chi connectivity index (χ2v) is 11.5. The molecule has 0 spiro atoms. The average Bonchev–Trinajstić information content (AvgIpc) is 2.79. The van der Waals surface area contributed by atoms with Gasteiger partial charge in [0.25, 0.3) is 0 Å². The van der Waals surface area contributed by atoms with Crippen LogP contribution in [0.3, 0.4) is 0 Å². The van der Waals surface area contributed by atoms with Crippen LogP contribution in [0, 0.1) is 17.3 Å². The maximum absolute atomic E-state index is 11.7. The lowest BCUT2D eigenvalue weighted by Gasteiger charge is -2.37. The van der Waals surface area contributed by atoms with Gasteiger partial charge in [0.05, 0.1) is 6.10 Å². The van der Waals surface area contributed by atoms with Crippen molar-refractivity contribution < 1.29 is 14.6 Å². The molecule has 2 aromatic carbocycles. The van der Waals surface area contributed by atoms with E-state index >= 15 is 0 Å². The molecule has 2 atom stereocenters. The van der Waals surface area contributed by atoms with E-state index < -0.39 is 6.09 Å². The Bertz CT molecular complexity index is 955. The van der Waals surface area contributed by atoms with E-state index in [-0.39, 0.29) is 6.04 Å². The van der Waals surface area contributed by atoms with Crippen LogP contribution in [0.1, 0.15) is 78.2 Å². The van der Waals surface area contributed by atoms with Gasteiger partial charge in [-0.25, -0.2) is 4.79 Å². The summed E-state index contributed by atoms with van der Waals surface area (Å²) >= 11 is 0. The lowest BCUT2D eigenvalue weighted by atomic mass is 9.72. The van der Waals surface area contributed by atoms with Crippen molar-refractivity contribution in [1.29, 1.82) is 0 Å². The van der Waals surface area contributed by atoms with Crippen molar-refractivity contribution in [1.82, 2.24) is 4.90 Å². The maximum Gasteiger partial charge on any atom is 0.407 e. The highest BCUT2D eigenvalue weighted by atomic mass is 16.5. The number of hydrogen-bond acceptors (Lipinski definition) is 2. The topological polar surface area (TPSA) is 49.8 Å². The van der Waals surface area contributed by atoms with Crippen LogP contribution < -0.4 is 4.74 Å². The Kier molecular flexibility index (Phi) is 7.21. The molecule has 0 bridgehead atoms. The number of carbonyl (C=O) groups is 1. The molecule has 4 heteroatoms. The smallest absolute Gasteiger partial charge is 0.407 e. The predicted octanol–water partition coefficient (Wildman–Crippen LogP) is 7.53. The van der Waals surface area contributed by atoms with Crippen LogP contribution in [0.2, 0.25) is 0 Å². The van der Waals surface area contributed by atoms with Crippen LogP contribution in [0.15, 0.2) is 36.4 Å². The van der Waals surface area contributed by atoms with E-state index in [0.29, 0.717) is 24.0 Å². The highest BCUT2D eigenvalue weighted by Gasteiger charge is 2.32. The number of hydrogen-bond donors (Lipinski definition) is 1. The van der Waals surface area contributed by atoms with Gasteiger partial charge in [-0.3, -0.25) is 0 Å². The zero-order valence-electron chi connectivity index (χ0n) is 20.8. The average molecular weight is 452 g/mol. The fraction of sp³-hybridized carbons (Fsp3) is 0.621. The first-order chi connectivity index (χ1) is 15.7. The number of piperidine rings is 1. The molecule has 2 fully saturated rings. The van der Waals surface area contributed by atoms with Gasteiger partial charge in [-0.2, -0.15) is 0 Å². The Balaban J connectivity index is 1.44. The first kappa shape index (κ1) is 23.9. The van der Waals surface area contributed by atoms with Crippen molar-refractivity contribution >= 4 is 16.9 Å². The molecule has 1 aliphatic carbocycles. The molecule has 1 aliphatic heterocycles. The molecule has 1 saturated carbocycles. The largest absolute Gasteiger partial charge is 0.490 e. The summed E-state index contributed by atoms with van der Waals surface area (Å²) in [7, 11) is 0. The molecule has 2 unspecified atom stereocenters. The number of rotatable bonds is 5. The Morgan fingerprint density at radius 2 is 1.85 bits per heavy atom. The molecule has 4 rings (SSSR count). The molecule has 1 amide bonds. The van der Waals surface area contributed by atoms with E-state index in [4.69, 9.17) is 4.74 Å². The summed E-state index contributed by atoms with van der Waals surface area (Å²) in [5, 5.41) is 12.1. The highest BCUT2D eigenvalue weighted by molar-refractivity contribution is 5.87. The number of amides is 1. The van der Waals surface area contributed by atoms with E-state index in [9.17, 15) is 9.90 Å². The molecule has 1 heterocycles. The normalized spacial score (nSPS) is 25.1. The monoisotopic (exact) mass is 451 g/mol. The van der Waals surface area contributed by atoms with E-state index in [1.54, 1.807) is 4.90 Å². The van der Waals surface area contributed by atoms with Gasteiger partial charge in [-0.05, 0) is 97.1 Å². The minimum atomic E-state index is -0.775. The van der Waals surface area contributed by atoms with Gasteiger partial charge >= 0.3 is 6.09 Å². The van der Waals surface area contributed by atoms with Crippen LogP contribution in [0.5, 0.6) is 5.75 Å². The quantitative estimate of drug-likeness (QED) is 0.511. The van der Waals surface area contributed by atoms with Gasteiger partial charge in [0, 0.05) is 12.6 Å². The second kappa shape index (κ2) is 9.95. The number of ether oxygens (including phenoxy) is 1. The van der Waals surface area contributed by atoms with Gasteiger partial charge in [0.15, 0.2) is 0 Å². The Morgan fingerprint density at radius 1 is 1.09 bits per heavy atom. The maximum atomic E-state index is 11.7. The molecular formula is C29H41NO3. The summed E-state index contributed by atoms with van der Waals surface area (Å²) in [5.41, 5.74) is 1.69. The molecule has 180 valence electrons. The van der Waals surface area contributed by atoms with Crippen molar-refractivity contribution in [2.75, 3.05) is 6.54 Å². The lowest BCUT2D eigenvalue weighted by Crippen LogP contribution is -2.46. The first-order valence-corrected chi connectivity index (χ1v) is 12.9. The SMILES string of the molecule is CC(Cc1cccc2cc(OC3CCC(C(C)(C)C)CC3)ccc12)C1CCCCN1C(=O)O. The van der Waals surface area contributed by atoms with Crippen LogP contribution in [0.25, 0.3) is 10.8 Å². The van der Waals surface area contributed by atoms with Crippen LogP contribution in [-0.4, -0.2) is 34.8 Å².